The summed E-state index contributed by atoms with van der Waals surface area (Å²) in [5.74, 6) is 0.389. The molecule has 22 heavy (non-hydrogen) atoms. The first-order chi connectivity index (χ1) is 10.7. The van der Waals surface area contributed by atoms with Crippen LogP contribution in [0, 0.1) is 5.92 Å². The number of Topliss-reactive ketones (excluding diaryl/α,β-unsaturated/α-hetero) is 1. The molecule has 1 aromatic heterocycles. The van der Waals surface area contributed by atoms with Crippen LogP contribution in [0.2, 0.25) is 0 Å². The van der Waals surface area contributed by atoms with Crippen LogP contribution in [0.4, 0.5) is 0 Å². The molecule has 116 valence electrons. The Labute approximate surface area is 130 Å². The highest BCUT2D eigenvalue weighted by molar-refractivity contribution is 5.91. The molecule has 3 heterocycles. The van der Waals surface area contributed by atoms with Crippen molar-refractivity contribution in [1.29, 1.82) is 0 Å². The molecule has 4 nitrogen and oxygen atoms in total. The van der Waals surface area contributed by atoms with E-state index in [1.54, 1.807) is 0 Å². The lowest BCUT2D eigenvalue weighted by Gasteiger charge is -2.35. The Balaban J connectivity index is 1.51. The van der Waals surface area contributed by atoms with Gasteiger partial charge in [0.05, 0.1) is 5.54 Å². The number of hydrogen-bond acceptors (Lipinski definition) is 3. The Morgan fingerprint density at radius 1 is 1.41 bits per heavy atom. The van der Waals surface area contributed by atoms with Crippen LogP contribution in [0.15, 0.2) is 30.3 Å². The van der Waals surface area contributed by atoms with Crippen molar-refractivity contribution in [3.63, 3.8) is 0 Å². The fourth-order valence-corrected chi connectivity index (χ4v) is 4.13. The quantitative estimate of drug-likeness (QED) is 0.809. The summed E-state index contributed by atoms with van der Waals surface area (Å²) < 4.78 is 0. The molecule has 1 aromatic carbocycles. The van der Waals surface area contributed by atoms with E-state index in [0.717, 1.165) is 43.6 Å². The van der Waals surface area contributed by atoms with Crippen LogP contribution in [0.1, 0.15) is 25.5 Å². The maximum absolute atomic E-state index is 13.0. The molecule has 2 saturated heterocycles. The van der Waals surface area contributed by atoms with Crippen LogP contribution in [-0.2, 0) is 11.2 Å². The summed E-state index contributed by atoms with van der Waals surface area (Å²) in [5, 5.41) is 8.21. The molecule has 2 aliphatic heterocycles. The third-order valence-corrected chi connectivity index (χ3v) is 5.25. The van der Waals surface area contributed by atoms with Gasteiger partial charge in [-0.2, -0.15) is 0 Å². The second kappa shape index (κ2) is 5.21. The van der Waals surface area contributed by atoms with Gasteiger partial charge in [0.15, 0.2) is 5.78 Å². The van der Waals surface area contributed by atoms with Crippen LogP contribution in [-0.4, -0.2) is 35.4 Å². The number of rotatable bonds is 4. The molecule has 0 spiro atoms. The molecule has 0 radical (unpaired) electrons. The molecule has 4 heteroatoms. The van der Waals surface area contributed by atoms with E-state index in [0.29, 0.717) is 11.8 Å². The lowest BCUT2D eigenvalue weighted by molar-refractivity contribution is -0.128. The monoisotopic (exact) mass is 297 g/mol. The van der Waals surface area contributed by atoms with E-state index in [9.17, 15) is 4.79 Å². The van der Waals surface area contributed by atoms with Gasteiger partial charge in [-0.05, 0) is 36.8 Å². The highest BCUT2D eigenvalue weighted by Crippen LogP contribution is 2.30. The molecule has 2 aromatic rings. The Morgan fingerprint density at radius 2 is 2.27 bits per heavy atom. The van der Waals surface area contributed by atoms with E-state index >= 15 is 0 Å². The number of ketones is 1. The van der Waals surface area contributed by atoms with Crippen molar-refractivity contribution in [2.24, 2.45) is 5.92 Å². The highest BCUT2D eigenvalue weighted by Gasteiger charge is 2.47. The Kier molecular flexibility index (Phi) is 3.31. The third kappa shape index (κ3) is 2.27. The first-order valence-electron chi connectivity index (χ1n) is 8.26. The Morgan fingerprint density at radius 3 is 3.14 bits per heavy atom. The van der Waals surface area contributed by atoms with Crippen LogP contribution >= 0.6 is 0 Å². The van der Waals surface area contributed by atoms with Gasteiger partial charge in [0, 0.05) is 36.3 Å². The topological polar surface area (TPSA) is 56.9 Å². The van der Waals surface area contributed by atoms with Crippen molar-refractivity contribution in [1.82, 2.24) is 15.6 Å². The first kappa shape index (κ1) is 14.0. The molecule has 3 unspecified atom stereocenters. The summed E-state index contributed by atoms with van der Waals surface area (Å²) in [4.78, 5) is 16.4. The molecule has 3 atom stereocenters. The van der Waals surface area contributed by atoms with E-state index in [2.05, 4.69) is 40.7 Å². The molecule has 3 N–H and O–H groups in total. The second-order valence-electron chi connectivity index (χ2n) is 6.94. The Bertz CT molecular complexity index is 670. The maximum atomic E-state index is 13.0. The number of piperazine rings is 1. The number of aromatic nitrogens is 1. The largest absolute Gasteiger partial charge is 0.358 e. The number of fused-ring (bicyclic) bond motifs is 3. The number of carbonyl (C=O) groups is 1. The van der Waals surface area contributed by atoms with E-state index in [1.807, 2.05) is 12.1 Å². The van der Waals surface area contributed by atoms with Gasteiger partial charge in [-0.1, -0.05) is 25.1 Å². The van der Waals surface area contributed by atoms with Gasteiger partial charge in [0.1, 0.15) is 0 Å². The zero-order valence-electron chi connectivity index (χ0n) is 13.0. The average molecular weight is 297 g/mol. The minimum atomic E-state index is -0.325. The normalized spacial score (nSPS) is 28.9. The summed E-state index contributed by atoms with van der Waals surface area (Å²) in [6.07, 6.45) is 2.86. The van der Waals surface area contributed by atoms with E-state index < -0.39 is 0 Å². The van der Waals surface area contributed by atoms with Crippen molar-refractivity contribution in [2.75, 3.05) is 13.1 Å². The van der Waals surface area contributed by atoms with Crippen molar-refractivity contribution in [2.45, 2.75) is 37.8 Å². The lowest BCUT2D eigenvalue weighted by atomic mass is 9.83. The first-order valence-corrected chi connectivity index (χ1v) is 8.26. The molecular formula is C18H23N3O. The minimum absolute atomic E-state index is 0.0270. The summed E-state index contributed by atoms with van der Waals surface area (Å²) in [6.45, 7) is 3.83. The highest BCUT2D eigenvalue weighted by atomic mass is 16.1. The standard InChI is InChI=1S/C18H23N3O/c1-12(8-15-9-13-4-2-3-5-16(13)20-15)17(22)18-7-6-14(21-18)10-19-11-18/h2-5,9,12,14,19-21H,6-8,10-11H2,1H3. The average Bonchev–Trinajstić information content (AvgIpc) is 3.07. The molecule has 2 bridgehead atoms. The van der Waals surface area contributed by atoms with Gasteiger partial charge in [-0.15, -0.1) is 0 Å². The van der Waals surface area contributed by atoms with E-state index in [-0.39, 0.29) is 11.5 Å². The summed E-state index contributed by atoms with van der Waals surface area (Å²) in [7, 11) is 0. The number of nitrogens with one attached hydrogen (secondary N) is 3. The minimum Gasteiger partial charge on any atom is -0.358 e. The van der Waals surface area contributed by atoms with Gasteiger partial charge < -0.3 is 10.3 Å². The van der Waals surface area contributed by atoms with Gasteiger partial charge in [-0.25, -0.2) is 0 Å². The fourth-order valence-electron chi connectivity index (χ4n) is 4.13. The summed E-state index contributed by atoms with van der Waals surface area (Å²) in [6, 6.07) is 10.9. The smallest absolute Gasteiger partial charge is 0.157 e. The van der Waals surface area contributed by atoms with Crippen LogP contribution in [0.5, 0.6) is 0 Å². The molecule has 4 rings (SSSR count). The van der Waals surface area contributed by atoms with Gasteiger partial charge in [0.2, 0.25) is 0 Å². The summed E-state index contributed by atoms with van der Waals surface area (Å²) in [5.41, 5.74) is 1.97. The SMILES string of the molecule is CC(Cc1cc2ccccc2[nH]1)C(=O)C12CCC(CNC1)N2. The number of H-pyrrole nitrogens is 1. The number of hydrogen-bond donors (Lipinski definition) is 3. The van der Waals surface area contributed by atoms with Crippen molar-refractivity contribution >= 4 is 16.7 Å². The number of carbonyl (C=O) groups excluding carboxylic acids is 1. The zero-order chi connectivity index (χ0) is 15.2. The zero-order valence-corrected chi connectivity index (χ0v) is 13.0. The fraction of sp³-hybridized carbons (Fsp3) is 0.500. The predicted octanol–water partition coefficient (Wildman–Crippen LogP) is 2.01. The molecule has 2 fully saturated rings. The molecule has 0 amide bonds. The third-order valence-electron chi connectivity index (χ3n) is 5.25. The van der Waals surface area contributed by atoms with Gasteiger partial charge in [-0.3, -0.25) is 10.1 Å². The van der Waals surface area contributed by atoms with Crippen LogP contribution in [0.3, 0.4) is 0 Å². The molecule has 0 aliphatic carbocycles. The molecular weight excluding hydrogens is 274 g/mol. The van der Waals surface area contributed by atoms with Crippen LogP contribution in [0.25, 0.3) is 10.9 Å². The second-order valence-corrected chi connectivity index (χ2v) is 6.94. The van der Waals surface area contributed by atoms with Crippen molar-refractivity contribution in [3.05, 3.63) is 36.0 Å². The van der Waals surface area contributed by atoms with Gasteiger partial charge in [0.25, 0.3) is 0 Å². The maximum Gasteiger partial charge on any atom is 0.157 e. The predicted molar refractivity (Wildman–Crippen MR) is 87.9 cm³/mol. The summed E-state index contributed by atoms with van der Waals surface area (Å²) >= 11 is 0. The van der Waals surface area contributed by atoms with Gasteiger partial charge >= 0.3 is 0 Å². The number of benzene rings is 1. The van der Waals surface area contributed by atoms with Crippen molar-refractivity contribution < 1.29 is 4.79 Å². The molecule has 0 saturated carbocycles. The molecule has 2 aliphatic rings. The number of para-hydroxylation sites is 1. The Hall–Kier alpha value is -1.65. The lowest BCUT2D eigenvalue weighted by Crippen LogP contribution is -2.63. The van der Waals surface area contributed by atoms with E-state index in [1.165, 1.54) is 5.39 Å². The number of aromatic amines is 1. The van der Waals surface area contributed by atoms with Crippen LogP contribution < -0.4 is 10.6 Å². The van der Waals surface area contributed by atoms with E-state index in [4.69, 9.17) is 0 Å². The van der Waals surface area contributed by atoms with Crippen molar-refractivity contribution in [3.8, 4) is 0 Å².